The Labute approximate surface area is 114 Å². The standard InChI is InChI=1S/C9H5F11O2/c1-2(4(21)22)3(10)6(13,14)8(17,18)9(19,20)7(15,16)5(11)12/h3,5H,1H2,(H,21,22). The molecule has 0 aliphatic carbocycles. The van der Waals surface area contributed by atoms with Crippen LogP contribution < -0.4 is 0 Å². The molecule has 1 unspecified atom stereocenters. The van der Waals surface area contributed by atoms with E-state index in [1.165, 1.54) is 0 Å². The van der Waals surface area contributed by atoms with Crippen LogP contribution in [0.3, 0.4) is 0 Å². The Balaban J connectivity index is 5.99. The normalized spacial score (nSPS) is 15.8. The second-order valence-electron chi connectivity index (χ2n) is 3.89. The molecule has 0 fully saturated rings. The van der Waals surface area contributed by atoms with Gasteiger partial charge in [-0.1, -0.05) is 6.58 Å². The van der Waals surface area contributed by atoms with E-state index < -0.39 is 47.8 Å². The summed E-state index contributed by atoms with van der Waals surface area (Å²) in [4.78, 5) is 10.1. The molecule has 1 N–H and O–H groups in total. The van der Waals surface area contributed by atoms with Gasteiger partial charge in [0.25, 0.3) is 0 Å². The third kappa shape index (κ3) is 2.72. The van der Waals surface area contributed by atoms with Crippen LogP contribution in [-0.2, 0) is 4.79 Å². The largest absolute Gasteiger partial charge is 0.478 e. The number of rotatable bonds is 7. The Morgan fingerprint density at radius 2 is 1.14 bits per heavy atom. The molecule has 0 aromatic heterocycles. The van der Waals surface area contributed by atoms with Gasteiger partial charge in [0.05, 0.1) is 5.57 Å². The minimum atomic E-state index is -7.39. The van der Waals surface area contributed by atoms with Crippen molar-refractivity contribution in [1.82, 2.24) is 0 Å². The van der Waals surface area contributed by atoms with Crippen molar-refractivity contribution in [2.75, 3.05) is 0 Å². The Hall–Kier alpha value is -1.56. The third-order valence-corrected chi connectivity index (χ3v) is 2.40. The van der Waals surface area contributed by atoms with Gasteiger partial charge in [-0.25, -0.2) is 18.0 Å². The van der Waals surface area contributed by atoms with Crippen LogP contribution in [0.4, 0.5) is 48.3 Å². The smallest absolute Gasteiger partial charge is 0.384 e. The predicted octanol–water partition coefficient (Wildman–Crippen LogP) is 3.77. The van der Waals surface area contributed by atoms with Crippen molar-refractivity contribution in [2.45, 2.75) is 36.3 Å². The Morgan fingerprint density at radius 3 is 1.41 bits per heavy atom. The summed E-state index contributed by atoms with van der Waals surface area (Å²) < 4.78 is 138. The first kappa shape index (κ1) is 20.4. The van der Waals surface area contributed by atoms with Gasteiger partial charge in [0.15, 0.2) is 0 Å². The Morgan fingerprint density at radius 1 is 0.818 bits per heavy atom. The van der Waals surface area contributed by atoms with Crippen molar-refractivity contribution in [2.24, 2.45) is 0 Å². The average Bonchev–Trinajstić information content (AvgIpc) is 2.35. The highest BCUT2D eigenvalue weighted by atomic mass is 19.4. The molecule has 2 nitrogen and oxygen atoms in total. The quantitative estimate of drug-likeness (QED) is 0.558. The SMILES string of the molecule is C=C(C(=O)O)C(F)C(F)(F)C(F)(F)C(F)(F)C(F)(F)C(F)F. The van der Waals surface area contributed by atoms with Crippen LogP contribution in [0, 0.1) is 0 Å². The van der Waals surface area contributed by atoms with Gasteiger partial charge in [0, 0.05) is 0 Å². The number of carboxylic acid groups (broad SMARTS) is 1. The molecule has 0 aliphatic heterocycles. The van der Waals surface area contributed by atoms with Crippen LogP contribution >= 0.6 is 0 Å². The van der Waals surface area contributed by atoms with Crippen LogP contribution in [-0.4, -0.2) is 47.4 Å². The number of hydrogen-bond acceptors (Lipinski definition) is 1. The van der Waals surface area contributed by atoms with Crippen LogP contribution in [0.5, 0.6) is 0 Å². The molecule has 0 heterocycles. The van der Waals surface area contributed by atoms with Gasteiger partial charge < -0.3 is 5.11 Å². The van der Waals surface area contributed by atoms with Crippen LogP contribution in [0.2, 0.25) is 0 Å². The molecular formula is C9H5F11O2. The summed E-state index contributed by atoms with van der Waals surface area (Å²) >= 11 is 0. The molecule has 1 atom stereocenters. The van der Waals surface area contributed by atoms with Gasteiger partial charge in [-0.15, -0.1) is 0 Å². The monoisotopic (exact) mass is 354 g/mol. The Kier molecular flexibility index (Phi) is 5.18. The fourth-order valence-corrected chi connectivity index (χ4v) is 1.04. The number of halogens is 11. The molecule has 0 bridgehead atoms. The molecule has 0 saturated heterocycles. The van der Waals surface area contributed by atoms with Crippen LogP contribution in [0.15, 0.2) is 12.2 Å². The maximum absolute atomic E-state index is 13.0. The fourth-order valence-electron chi connectivity index (χ4n) is 1.04. The first-order valence-corrected chi connectivity index (χ1v) is 4.81. The minimum absolute atomic E-state index is 2.04. The summed E-state index contributed by atoms with van der Waals surface area (Å²) in [6, 6.07) is 0. The molecule has 0 rings (SSSR count). The third-order valence-electron chi connectivity index (χ3n) is 2.40. The first-order valence-electron chi connectivity index (χ1n) is 4.81. The number of aliphatic carboxylic acids is 1. The van der Waals surface area contributed by atoms with Gasteiger partial charge in [-0.05, 0) is 0 Å². The highest BCUT2D eigenvalue weighted by Gasteiger charge is 2.84. The molecule has 0 saturated carbocycles. The number of carbonyl (C=O) groups is 1. The van der Waals surface area contributed by atoms with Crippen LogP contribution in [0.1, 0.15) is 0 Å². The molecule has 130 valence electrons. The highest BCUT2D eigenvalue weighted by molar-refractivity contribution is 5.87. The minimum Gasteiger partial charge on any atom is -0.478 e. The van der Waals surface area contributed by atoms with E-state index in [4.69, 9.17) is 5.11 Å². The number of hydrogen-bond donors (Lipinski definition) is 1. The van der Waals surface area contributed by atoms with E-state index in [9.17, 15) is 53.1 Å². The topological polar surface area (TPSA) is 37.3 Å². The van der Waals surface area contributed by atoms with E-state index in [0.717, 1.165) is 0 Å². The van der Waals surface area contributed by atoms with Crippen molar-refractivity contribution in [3.63, 3.8) is 0 Å². The van der Waals surface area contributed by atoms with E-state index in [0.29, 0.717) is 0 Å². The number of alkyl halides is 11. The summed E-state index contributed by atoms with van der Waals surface area (Å²) in [5, 5.41) is 8.06. The highest BCUT2D eigenvalue weighted by Crippen LogP contribution is 2.56. The zero-order chi connectivity index (χ0) is 18.3. The lowest BCUT2D eigenvalue weighted by Crippen LogP contribution is -2.66. The van der Waals surface area contributed by atoms with E-state index in [1.54, 1.807) is 0 Å². The lowest BCUT2D eigenvalue weighted by molar-refractivity contribution is -0.389. The fraction of sp³-hybridized carbons (Fsp3) is 0.667. The summed E-state index contributed by atoms with van der Waals surface area (Å²) in [5.41, 5.74) is -2.36. The van der Waals surface area contributed by atoms with Crippen molar-refractivity contribution >= 4 is 5.97 Å². The average molecular weight is 354 g/mol. The molecule has 0 spiro atoms. The van der Waals surface area contributed by atoms with E-state index in [-0.39, 0.29) is 0 Å². The van der Waals surface area contributed by atoms with Crippen molar-refractivity contribution in [1.29, 1.82) is 0 Å². The lowest BCUT2D eigenvalue weighted by atomic mass is 9.93. The molecular weight excluding hydrogens is 349 g/mol. The number of carboxylic acids is 1. The van der Waals surface area contributed by atoms with Gasteiger partial charge in [-0.2, -0.15) is 35.1 Å². The molecule has 0 amide bonds. The van der Waals surface area contributed by atoms with Gasteiger partial charge >= 0.3 is 36.1 Å². The molecule has 0 aromatic carbocycles. The summed E-state index contributed by atoms with van der Waals surface area (Å²) in [7, 11) is 0. The summed E-state index contributed by atoms with van der Waals surface area (Å²) in [5.74, 6) is -31.1. The zero-order valence-electron chi connectivity index (χ0n) is 9.87. The Bertz CT molecular complexity index is 456. The molecule has 0 aromatic rings. The molecule has 0 radical (unpaired) electrons. The predicted molar refractivity (Wildman–Crippen MR) is 47.5 cm³/mol. The maximum Gasteiger partial charge on any atom is 0.384 e. The van der Waals surface area contributed by atoms with Gasteiger partial charge in [0.2, 0.25) is 6.17 Å². The maximum atomic E-state index is 13.0. The first-order chi connectivity index (χ1) is 9.46. The van der Waals surface area contributed by atoms with E-state index in [1.807, 2.05) is 6.58 Å². The van der Waals surface area contributed by atoms with Crippen LogP contribution in [0.25, 0.3) is 0 Å². The van der Waals surface area contributed by atoms with Gasteiger partial charge in [-0.3, -0.25) is 0 Å². The van der Waals surface area contributed by atoms with Crippen molar-refractivity contribution in [3.8, 4) is 0 Å². The molecule has 13 heteroatoms. The lowest BCUT2D eigenvalue weighted by Gasteiger charge is -2.37. The zero-order valence-corrected chi connectivity index (χ0v) is 9.87. The second kappa shape index (κ2) is 5.57. The summed E-state index contributed by atoms with van der Waals surface area (Å²) in [6.07, 6.45) is -10.2. The van der Waals surface area contributed by atoms with E-state index >= 15 is 0 Å². The van der Waals surface area contributed by atoms with Gasteiger partial charge in [0.1, 0.15) is 0 Å². The molecule has 0 aliphatic rings. The second-order valence-corrected chi connectivity index (χ2v) is 3.89. The summed E-state index contributed by atoms with van der Waals surface area (Å²) in [6.45, 7) is 2.04. The molecule has 22 heavy (non-hydrogen) atoms. The van der Waals surface area contributed by atoms with E-state index in [2.05, 4.69) is 0 Å². The van der Waals surface area contributed by atoms with Crippen molar-refractivity contribution in [3.05, 3.63) is 12.2 Å². The van der Waals surface area contributed by atoms with Crippen molar-refractivity contribution < 1.29 is 58.2 Å².